The SMILES string of the molecule is CCOC(=O)C(C)N1C(=O)OC[C@H]1Cc1ccc(OCc2ccccc2)cc1. The van der Waals surface area contributed by atoms with Crippen molar-refractivity contribution in [3.63, 3.8) is 0 Å². The van der Waals surface area contributed by atoms with E-state index in [9.17, 15) is 9.59 Å². The van der Waals surface area contributed by atoms with E-state index >= 15 is 0 Å². The monoisotopic (exact) mass is 383 g/mol. The second kappa shape index (κ2) is 9.26. The van der Waals surface area contributed by atoms with Gasteiger partial charge in [0.15, 0.2) is 0 Å². The zero-order valence-corrected chi connectivity index (χ0v) is 16.2. The largest absolute Gasteiger partial charge is 0.489 e. The van der Waals surface area contributed by atoms with E-state index in [-0.39, 0.29) is 19.3 Å². The summed E-state index contributed by atoms with van der Waals surface area (Å²) < 4.78 is 16.0. The van der Waals surface area contributed by atoms with Gasteiger partial charge in [0, 0.05) is 0 Å². The molecule has 0 aromatic heterocycles. The first-order chi connectivity index (χ1) is 13.6. The molecule has 1 saturated heterocycles. The van der Waals surface area contributed by atoms with Gasteiger partial charge in [-0.15, -0.1) is 0 Å². The van der Waals surface area contributed by atoms with Gasteiger partial charge in [0.1, 0.15) is 25.0 Å². The predicted molar refractivity (Wildman–Crippen MR) is 104 cm³/mol. The molecule has 0 bridgehead atoms. The highest BCUT2D eigenvalue weighted by Gasteiger charge is 2.39. The Morgan fingerprint density at radius 1 is 1.14 bits per heavy atom. The number of ether oxygens (including phenoxy) is 3. The molecule has 0 radical (unpaired) electrons. The standard InChI is InChI=1S/C22H25NO5/c1-3-26-21(24)16(2)23-19(15-28-22(23)25)13-17-9-11-20(12-10-17)27-14-18-7-5-4-6-8-18/h4-12,16,19H,3,13-15H2,1-2H3/t16?,19-/m1/s1. The van der Waals surface area contributed by atoms with Crippen LogP contribution in [0.3, 0.4) is 0 Å². The maximum atomic E-state index is 12.1. The second-order valence-electron chi connectivity index (χ2n) is 6.69. The van der Waals surface area contributed by atoms with Crippen LogP contribution in [0.25, 0.3) is 0 Å². The topological polar surface area (TPSA) is 65.1 Å². The van der Waals surface area contributed by atoms with Gasteiger partial charge in [0.2, 0.25) is 0 Å². The van der Waals surface area contributed by atoms with Crippen LogP contribution < -0.4 is 4.74 Å². The summed E-state index contributed by atoms with van der Waals surface area (Å²) in [4.78, 5) is 25.6. The molecule has 2 atom stereocenters. The molecule has 1 amide bonds. The van der Waals surface area contributed by atoms with Crippen molar-refractivity contribution < 1.29 is 23.8 Å². The Hall–Kier alpha value is -3.02. The van der Waals surface area contributed by atoms with Crippen LogP contribution in [0.4, 0.5) is 4.79 Å². The van der Waals surface area contributed by atoms with Crippen LogP contribution in [-0.2, 0) is 27.3 Å². The van der Waals surface area contributed by atoms with Crippen molar-refractivity contribution in [2.45, 2.75) is 39.0 Å². The lowest BCUT2D eigenvalue weighted by atomic mass is 10.0. The molecule has 2 aromatic carbocycles. The van der Waals surface area contributed by atoms with Gasteiger partial charge >= 0.3 is 12.1 Å². The number of cyclic esters (lactones) is 1. The summed E-state index contributed by atoms with van der Waals surface area (Å²) in [6.45, 7) is 4.45. The molecule has 0 aliphatic carbocycles. The number of carbonyl (C=O) groups is 2. The first kappa shape index (κ1) is 19.7. The van der Waals surface area contributed by atoms with E-state index in [0.29, 0.717) is 13.0 Å². The Labute approximate surface area is 165 Å². The number of amides is 1. The summed E-state index contributed by atoms with van der Waals surface area (Å²) >= 11 is 0. The average Bonchev–Trinajstić information content (AvgIpc) is 3.08. The van der Waals surface area contributed by atoms with Gasteiger partial charge in [-0.1, -0.05) is 42.5 Å². The van der Waals surface area contributed by atoms with Crippen molar-refractivity contribution in [2.24, 2.45) is 0 Å². The van der Waals surface area contributed by atoms with Crippen LogP contribution in [0.15, 0.2) is 54.6 Å². The number of rotatable bonds is 8. The number of nitrogens with zero attached hydrogens (tertiary/aromatic N) is 1. The van der Waals surface area contributed by atoms with Gasteiger partial charge in [0.05, 0.1) is 12.6 Å². The second-order valence-corrected chi connectivity index (χ2v) is 6.69. The average molecular weight is 383 g/mol. The Balaban J connectivity index is 1.59. The summed E-state index contributed by atoms with van der Waals surface area (Å²) in [6.07, 6.45) is 0.113. The van der Waals surface area contributed by atoms with Crippen molar-refractivity contribution in [3.8, 4) is 5.75 Å². The lowest BCUT2D eigenvalue weighted by Gasteiger charge is -2.26. The van der Waals surface area contributed by atoms with Gasteiger partial charge in [0.25, 0.3) is 0 Å². The number of carbonyl (C=O) groups excluding carboxylic acids is 2. The van der Waals surface area contributed by atoms with E-state index in [4.69, 9.17) is 14.2 Å². The Kier molecular flexibility index (Phi) is 6.53. The third-order valence-corrected chi connectivity index (χ3v) is 4.69. The van der Waals surface area contributed by atoms with E-state index in [1.165, 1.54) is 4.90 Å². The van der Waals surface area contributed by atoms with Gasteiger partial charge in [-0.05, 0) is 43.5 Å². The maximum absolute atomic E-state index is 12.1. The summed E-state index contributed by atoms with van der Waals surface area (Å²) in [7, 11) is 0. The van der Waals surface area contributed by atoms with E-state index < -0.39 is 18.1 Å². The van der Waals surface area contributed by atoms with E-state index in [2.05, 4.69) is 0 Å². The Morgan fingerprint density at radius 2 is 1.86 bits per heavy atom. The molecular weight excluding hydrogens is 358 g/mol. The van der Waals surface area contributed by atoms with E-state index in [1.54, 1.807) is 13.8 Å². The fourth-order valence-corrected chi connectivity index (χ4v) is 3.21. The normalized spacial score (nSPS) is 17.1. The molecule has 2 aromatic rings. The van der Waals surface area contributed by atoms with Crippen LogP contribution in [0, 0.1) is 0 Å². The summed E-state index contributed by atoms with van der Waals surface area (Å²) in [5, 5.41) is 0. The summed E-state index contributed by atoms with van der Waals surface area (Å²) in [5.74, 6) is 0.360. The lowest BCUT2D eigenvalue weighted by molar-refractivity contribution is -0.148. The Morgan fingerprint density at radius 3 is 2.54 bits per heavy atom. The maximum Gasteiger partial charge on any atom is 0.410 e. The number of hydrogen-bond acceptors (Lipinski definition) is 5. The van der Waals surface area contributed by atoms with Crippen LogP contribution in [0.5, 0.6) is 5.75 Å². The molecule has 28 heavy (non-hydrogen) atoms. The van der Waals surface area contributed by atoms with Crippen molar-refractivity contribution >= 4 is 12.1 Å². The molecule has 6 heteroatoms. The molecule has 0 N–H and O–H groups in total. The van der Waals surface area contributed by atoms with Gasteiger partial charge < -0.3 is 14.2 Å². The van der Waals surface area contributed by atoms with Gasteiger partial charge in [-0.3, -0.25) is 4.90 Å². The molecule has 1 fully saturated rings. The minimum atomic E-state index is -0.673. The summed E-state index contributed by atoms with van der Waals surface area (Å²) in [5.41, 5.74) is 2.15. The molecule has 148 valence electrons. The highest BCUT2D eigenvalue weighted by molar-refractivity contribution is 5.82. The first-order valence-corrected chi connectivity index (χ1v) is 9.46. The quantitative estimate of drug-likeness (QED) is 0.652. The molecule has 1 aliphatic heterocycles. The number of hydrogen-bond donors (Lipinski definition) is 0. The van der Waals surface area contributed by atoms with E-state index in [1.807, 2.05) is 54.6 Å². The minimum absolute atomic E-state index is 0.206. The van der Waals surface area contributed by atoms with Gasteiger partial charge in [-0.2, -0.15) is 0 Å². The molecule has 1 unspecified atom stereocenters. The first-order valence-electron chi connectivity index (χ1n) is 9.46. The predicted octanol–water partition coefficient (Wildman–Crippen LogP) is 3.58. The van der Waals surface area contributed by atoms with Crippen molar-refractivity contribution in [1.82, 2.24) is 4.90 Å². The van der Waals surface area contributed by atoms with Crippen LogP contribution in [0.1, 0.15) is 25.0 Å². The molecule has 0 spiro atoms. The van der Waals surface area contributed by atoms with Crippen LogP contribution >= 0.6 is 0 Å². The third kappa shape index (κ3) is 4.82. The fraction of sp³-hybridized carbons (Fsp3) is 0.364. The molecule has 0 saturated carbocycles. The molecule has 6 nitrogen and oxygen atoms in total. The molecule has 1 heterocycles. The smallest absolute Gasteiger partial charge is 0.410 e. The lowest BCUT2D eigenvalue weighted by Crippen LogP contribution is -2.46. The molecule has 1 aliphatic rings. The number of esters is 1. The molecular formula is C22H25NO5. The van der Waals surface area contributed by atoms with Crippen molar-refractivity contribution in [1.29, 1.82) is 0 Å². The zero-order chi connectivity index (χ0) is 19.9. The van der Waals surface area contributed by atoms with Crippen LogP contribution in [0.2, 0.25) is 0 Å². The third-order valence-electron chi connectivity index (χ3n) is 4.69. The van der Waals surface area contributed by atoms with Crippen molar-refractivity contribution in [3.05, 3.63) is 65.7 Å². The summed E-state index contributed by atoms with van der Waals surface area (Å²) in [6, 6.07) is 16.9. The highest BCUT2D eigenvalue weighted by Crippen LogP contribution is 2.22. The number of benzene rings is 2. The minimum Gasteiger partial charge on any atom is -0.489 e. The van der Waals surface area contributed by atoms with E-state index in [0.717, 1.165) is 16.9 Å². The Bertz CT molecular complexity index is 790. The van der Waals surface area contributed by atoms with Gasteiger partial charge in [-0.25, -0.2) is 9.59 Å². The highest BCUT2D eigenvalue weighted by atomic mass is 16.6. The zero-order valence-electron chi connectivity index (χ0n) is 16.2. The van der Waals surface area contributed by atoms with Crippen LogP contribution in [-0.4, -0.2) is 42.3 Å². The fourth-order valence-electron chi connectivity index (χ4n) is 3.21. The van der Waals surface area contributed by atoms with Crippen molar-refractivity contribution in [2.75, 3.05) is 13.2 Å². The molecule has 3 rings (SSSR count).